The van der Waals surface area contributed by atoms with E-state index in [1.165, 1.54) is 21.8 Å². The lowest BCUT2D eigenvalue weighted by Gasteiger charge is -2.49. The Kier molecular flexibility index (Phi) is 3.06. The SMILES string of the molecule is CC(C)(C)C1CNc2cccc3c2N1C1CCN(C(=O)[O-])CC31. The molecule has 3 heterocycles. The van der Waals surface area contributed by atoms with E-state index in [4.69, 9.17) is 0 Å². The first kappa shape index (κ1) is 14.7. The lowest BCUT2D eigenvalue weighted by Crippen LogP contribution is -2.58. The first-order valence-electron chi connectivity index (χ1n) is 8.49. The van der Waals surface area contributed by atoms with Crippen LogP contribution >= 0.6 is 0 Å². The second-order valence-electron chi connectivity index (χ2n) is 8.09. The third-order valence-corrected chi connectivity index (χ3v) is 5.74. The van der Waals surface area contributed by atoms with Crippen molar-refractivity contribution in [3.05, 3.63) is 23.8 Å². The number of piperidine rings is 1. The molecule has 5 heteroatoms. The Morgan fingerprint density at radius 2 is 2.13 bits per heavy atom. The van der Waals surface area contributed by atoms with Crippen molar-refractivity contribution in [1.29, 1.82) is 0 Å². The molecule has 0 saturated carbocycles. The Balaban J connectivity index is 1.79. The van der Waals surface area contributed by atoms with Gasteiger partial charge in [-0.25, -0.2) is 0 Å². The van der Waals surface area contributed by atoms with Gasteiger partial charge >= 0.3 is 0 Å². The molecule has 1 aromatic rings. The number of fused-ring (bicyclic) bond motifs is 3. The van der Waals surface area contributed by atoms with Crippen LogP contribution in [0.4, 0.5) is 16.2 Å². The van der Waals surface area contributed by atoms with Crippen LogP contribution in [0.5, 0.6) is 0 Å². The number of nitrogens with one attached hydrogen (secondary N) is 1. The highest BCUT2D eigenvalue weighted by molar-refractivity contribution is 5.81. The second kappa shape index (κ2) is 4.79. The zero-order valence-corrected chi connectivity index (χ0v) is 14.0. The fourth-order valence-corrected chi connectivity index (χ4v) is 4.62. The number of likely N-dealkylation sites (tertiary alicyclic amines) is 1. The van der Waals surface area contributed by atoms with Crippen LogP contribution in [0.25, 0.3) is 0 Å². The Morgan fingerprint density at radius 3 is 2.83 bits per heavy atom. The van der Waals surface area contributed by atoms with Crippen LogP contribution in [0.3, 0.4) is 0 Å². The van der Waals surface area contributed by atoms with E-state index in [9.17, 15) is 9.90 Å². The molecule has 0 radical (unpaired) electrons. The highest BCUT2D eigenvalue weighted by Gasteiger charge is 2.49. The van der Waals surface area contributed by atoms with Gasteiger partial charge < -0.3 is 25.0 Å². The maximum absolute atomic E-state index is 11.3. The summed E-state index contributed by atoms with van der Waals surface area (Å²) in [5, 5.41) is 14.9. The summed E-state index contributed by atoms with van der Waals surface area (Å²) in [6.07, 6.45) is -0.167. The number of nitrogens with zero attached hydrogens (tertiary/aromatic N) is 2. The maximum Gasteiger partial charge on any atom is 0.136 e. The molecule has 3 atom stereocenters. The van der Waals surface area contributed by atoms with Crippen LogP contribution in [-0.4, -0.2) is 42.7 Å². The summed E-state index contributed by atoms with van der Waals surface area (Å²) >= 11 is 0. The van der Waals surface area contributed by atoms with Gasteiger partial charge in [0.05, 0.1) is 17.4 Å². The summed E-state index contributed by atoms with van der Waals surface area (Å²) < 4.78 is 0. The number of carbonyl (C=O) groups is 1. The summed E-state index contributed by atoms with van der Waals surface area (Å²) in [6.45, 7) is 8.93. The van der Waals surface area contributed by atoms with Crippen molar-refractivity contribution in [3.63, 3.8) is 0 Å². The highest BCUT2D eigenvalue weighted by Crippen LogP contribution is 2.52. The van der Waals surface area contributed by atoms with Gasteiger partial charge in [0.25, 0.3) is 0 Å². The predicted molar refractivity (Wildman–Crippen MR) is 88.8 cm³/mol. The van der Waals surface area contributed by atoms with Gasteiger partial charge in [-0.3, -0.25) is 0 Å². The normalized spacial score (nSPS) is 28.9. The summed E-state index contributed by atoms with van der Waals surface area (Å²) in [6, 6.07) is 7.20. The average molecular weight is 314 g/mol. The molecule has 23 heavy (non-hydrogen) atoms. The van der Waals surface area contributed by atoms with Crippen molar-refractivity contribution in [2.24, 2.45) is 5.41 Å². The molecule has 124 valence electrons. The minimum absolute atomic E-state index is 0.165. The molecule has 3 unspecified atom stereocenters. The third kappa shape index (κ3) is 2.09. The first-order chi connectivity index (χ1) is 10.9. The fraction of sp³-hybridized carbons (Fsp3) is 0.611. The number of benzene rings is 1. The topological polar surface area (TPSA) is 58.6 Å². The number of amides is 1. The van der Waals surface area contributed by atoms with E-state index in [1.807, 2.05) is 0 Å². The summed E-state index contributed by atoms with van der Waals surface area (Å²) in [4.78, 5) is 15.4. The zero-order valence-electron chi connectivity index (χ0n) is 14.0. The van der Waals surface area contributed by atoms with E-state index in [1.54, 1.807) is 0 Å². The Morgan fingerprint density at radius 1 is 1.35 bits per heavy atom. The van der Waals surface area contributed by atoms with Gasteiger partial charge in [0.2, 0.25) is 0 Å². The van der Waals surface area contributed by atoms with Gasteiger partial charge in [-0.2, -0.15) is 0 Å². The van der Waals surface area contributed by atoms with Crippen LogP contribution in [0, 0.1) is 5.41 Å². The van der Waals surface area contributed by atoms with E-state index in [0.717, 1.165) is 13.0 Å². The standard InChI is InChI=1S/C18H25N3O2/c1-18(2,3)15-9-19-13-6-4-5-11-12-10-20(17(22)23)8-7-14(12)21(15)16(11)13/h4-6,12,14-15,19H,7-10H2,1-3H3,(H,22,23)/p-1. The van der Waals surface area contributed by atoms with Crippen LogP contribution < -0.4 is 15.3 Å². The summed E-state index contributed by atoms with van der Waals surface area (Å²) in [5.74, 6) is 0.251. The first-order valence-corrected chi connectivity index (χ1v) is 8.49. The molecular formula is C18H24N3O2-. The van der Waals surface area contributed by atoms with E-state index >= 15 is 0 Å². The number of rotatable bonds is 0. The van der Waals surface area contributed by atoms with Crippen LogP contribution in [0.1, 0.15) is 38.7 Å². The number of carboxylic acid groups (broad SMARTS) is 1. The highest BCUT2D eigenvalue weighted by atomic mass is 16.4. The Labute approximate surface area is 137 Å². The molecule has 0 spiro atoms. The monoisotopic (exact) mass is 314 g/mol. The van der Waals surface area contributed by atoms with Crippen molar-refractivity contribution < 1.29 is 9.90 Å². The van der Waals surface area contributed by atoms with Crippen LogP contribution in [0.2, 0.25) is 0 Å². The van der Waals surface area contributed by atoms with Crippen molar-refractivity contribution in [2.45, 2.75) is 45.2 Å². The number of anilines is 2. The molecule has 3 aliphatic rings. The molecule has 4 rings (SSSR count). The van der Waals surface area contributed by atoms with Crippen molar-refractivity contribution in [3.8, 4) is 0 Å². The molecule has 0 bridgehead atoms. The number of hydrogen-bond donors (Lipinski definition) is 1. The smallest absolute Gasteiger partial charge is 0.136 e. The van der Waals surface area contributed by atoms with Crippen LogP contribution in [0.15, 0.2) is 18.2 Å². The fourth-order valence-electron chi connectivity index (χ4n) is 4.62. The zero-order chi connectivity index (χ0) is 16.4. The number of para-hydroxylation sites is 1. The van der Waals surface area contributed by atoms with Gasteiger partial charge in [0.1, 0.15) is 6.09 Å². The van der Waals surface area contributed by atoms with E-state index in [2.05, 4.69) is 49.2 Å². The van der Waals surface area contributed by atoms with E-state index in [-0.39, 0.29) is 11.3 Å². The Hall–Kier alpha value is -1.91. The largest absolute Gasteiger partial charge is 0.530 e. The molecule has 1 N–H and O–H groups in total. The molecule has 1 fully saturated rings. The molecule has 1 amide bonds. The van der Waals surface area contributed by atoms with Gasteiger partial charge in [-0.05, 0) is 23.5 Å². The average Bonchev–Trinajstić information content (AvgIpc) is 2.83. The molecule has 1 saturated heterocycles. The van der Waals surface area contributed by atoms with Gasteiger partial charge in [0.15, 0.2) is 0 Å². The molecule has 0 aliphatic carbocycles. The third-order valence-electron chi connectivity index (χ3n) is 5.74. The number of carbonyl (C=O) groups excluding carboxylic acids is 1. The van der Waals surface area contributed by atoms with Crippen molar-refractivity contribution >= 4 is 17.5 Å². The number of hydrogen-bond acceptors (Lipinski definition) is 4. The molecule has 3 aliphatic heterocycles. The lowest BCUT2D eigenvalue weighted by atomic mass is 9.83. The van der Waals surface area contributed by atoms with Crippen molar-refractivity contribution in [1.82, 2.24) is 4.90 Å². The summed E-state index contributed by atoms with van der Waals surface area (Å²) in [5.41, 5.74) is 3.95. The maximum atomic E-state index is 11.3. The minimum atomic E-state index is -1.04. The van der Waals surface area contributed by atoms with Gasteiger partial charge in [-0.15, -0.1) is 0 Å². The van der Waals surface area contributed by atoms with Crippen LogP contribution in [-0.2, 0) is 0 Å². The predicted octanol–water partition coefficient (Wildman–Crippen LogP) is 1.85. The lowest BCUT2D eigenvalue weighted by molar-refractivity contribution is -0.266. The second-order valence-corrected chi connectivity index (χ2v) is 8.09. The minimum Gasteiger partial charge on any atom is -0.530 e. The summed E-state index contributed by atoms with van der Waals surface area (Å²) in [7, 11) is 0. The van der Waals surface area contributed by atoms with E-state index < -0.39 is 6.09 Å². The van der Waals surface area contributed by atoms with E-state index in [0.29, 0.717) is 25.2 Å². The molecule has 5 nitrogen and oxygen atoms in total. The molecular weight excluding hydrogens is 290 g/mol. The molecule has 0 aromatic heterocycles. The quantitative estimate of drug-likeness (QED) is 0.794. The van der Waals surface area contributed by atoms with Gasteiger partial charge in [0, 0.05) is 31.6 Å². The Bertz CT molecular complexity index is 652. The van der Waals surface area contributed by atoms with Gasteiger partial charge in [-0.1, -0.05) is 32.9 Å². The molecule has 1 aromatic carbocycles. The van der Waals surface area contributed by atoms with Crippen molar-refractivity contribution in [2.75, 3.05) is 29.9 Å².